The number of rotatable bonds is 2. The van der Waals surface area contributed by atoms with Crippen LogP contribution in [0.5, 0.6) is 0 Å². The zero-order valence-electron chi connectivity index (χ0n) is 13.1. The molecule has 0 fully saturated rings. The average molecular weight is 346 g/mol. The van der Waals surface area contributed by atoms with Gasteiger partial charge in [0.15, 0.2) is 11.4 Å². The second kappa shape index (κ2) is 5.46. The molecule has 25 heavy (non-hydrogen) atoms. The van der Waals surface area contributed by atoms with Crippen molar-refractivity contribution in [2.75, 3.05) is 0 Å². The van der Waals surface area contributed by atoms with Gasteiger partial charge in [-0.1, -0.05) is 48.0 Å². The Morgan fingerprint density at radius 2 is 1.72 bits per heavy atom. The highest BCUT2D eigenvalue weighted by atomic mass is 35.5. The second-order valence-corrected chi connectivity index (χ2v) is 6.22. The number of pyridine rings is 1. The third-order valence-electron chi connectivity index (χ3n) is 4.28. The molecule has 0 radical (unpaired) electrons. The Kier molecular flexibility index (Phi) is 3.11. The van der Waals surface area contributed by atoms with Gasteiger partial charge in [0.1, 0.15) is 0 Å². The number of hydrogen-bond acceptors (Lipinski definition) is 3. The number of benzene rings is 2. The lowest BCUT2D eigenvalue weighted by Crippen LogP contribution is -1.96. The number of furan rings is 1. The number of fused-ring (bicyclic) bond motifs is 3. The summed E-state index contributed by atoms with van der Waals surface area (Å²) in [6.07, 6.45) is 1.64. The van der Waals surface area contributed by atoms with E-state index in [2.05, 4.69) is 28.4 Å². The van der Waals surface area contributed by atoms with Crippen molar-refractivity contribution >= 4 is 28.0 Å². The first-order chi connectivity index (χ1) is 12.3. The maximum Gasteiger partial charge on any atom is 0.204 e. The minimum Gasteiger partial charge on any atom is -0.461 e. The van der Waals surface area contributed by atoms with Crippen molar-refractivity contribution in [3.63, 3.8) is 0 Å². The highest BCUT2D eigenvalue weighted by molar-refractivity contribution is 6.30. The lowest BCUT2D eigenvalue weighted by atomic mass is 10.1. The molecule has 0 amide bonds. The Bertz CT molecular complexity index is 1190. The molecule has 0 unspecified atom stereocenters. The van der Waals surface area contributed by atoms with Gasteiger partial charge in [0.25, 0.3) is 0 Å². The molecule has 0 aliphatic heterocycles. The number of nitrogens with zero attached hydrogens (tertiary/aromatic N) is 3. The quantitative estimate of drug-likeness (QED) is 0.426. The van der Waals surface area contributed by atoms with Crippen LogP contribution in [0, 0.1) is 0 Å². The van der Waals surface area contributed by atoms with E-state index in [1.807, 2.05) is 52.9 Å². The summed E-state index contributed by atoms with van der Waals surface area (Å²) in [5.74, 6) is 1.36. The molecule has 0 saturated heterocycles. The fourth-order valence-corrected chi connectivity index (χ4v) is 3.25. The fraction of sp³-hybridized carbons (Fsp3) is 0. The van der Waals surface area contributed by atoms with Gasteiger partial charge in [0.2, 0.25) is 5.82 Å². The van der Waals surface area contributed by atoms with Crippen LogP contribution in [0.3, 0.4) is 0 Å². The molecule has 120 valence electrons. The minimum absolute atomic E-state index is 0.677. The van der Waals surface area contributed by atoms with Crippen LogP contribution >= 0.6 is 11.6 Å². The fourth-order valence-electron chi connectivity index (χ4n) is 3.12. The highest BCUT2D eigenvalue weighted by Gasteiger charge is 2.17. The molecule has 4 nitrogen and oxygen atoms in total. The first kappa shape index (κ1) is 14.3. The van der Waals surface area contributed by atoms with Crippen molar-refractivity contribution in [3.05, 3.63) is 78.0 Å². The van der Waals surface area contributed by atoms with Crippen molar-refractivity contribution in [2.24, 2.45) is 0 Å². The maximum absolute atomic E-state index is 6.06. The SMILES string of the molecule is Clc1ccc(-c2cc3ccccc3c3nnc(-c4ccco4)n23)cc1. The first-order valence-corrected chi connectivity index (χ1v) is 8.26. The molecular formula is C20H12ClN3O. The summed E-state index contributed by atoms with van der Waals surface area (Å²) >= 11 is 6.06. The molecule has 2 aromatic carbocycles. The van der Waals surface area contributed by atoms with E-state index >= 15 is 0 Å². The van der Waals surface area contributed by atoms with Gasteiger partial charge < -0.3 is 4.42 Å². The Hall–Kier alpha value is -3.11. The summed E-state index contributed by atoms with van der Waals surface area (Å²) in [5.41, 5.74) is 2.82. The standard InChI is InChI=1S/C20H12ClN3O/c21-15-9-7-13(8-10-15)17-12-14-4-1-2-5-16(14)19-22-23-20(24(17)19)18-6-3-11-25-18/h1-12H. The average Bonchev–Trinajstić information content (AvgIpc) is 3.31. The van der Waals surface area contributed by atoms with Gasteiger partial charge in [0.05, 0.1) is 12.0 Å². The topological polar surface area (TPSA) is 43.3 Å². The largest absolute Gasteiger partial charge is 0.461 e. The smallest absolute Gasteiger partial charge is 0.204 e. The molecule has 0 bridgehead atoms. The minimum atomic E-state index is 0.677. The van der Waals surface area contributed by atoms with E-state index in [1.54, 1.807) is 6.26 Å². The van der Waals surface area contributed by atoms with Gasteiger partial charge in [-0.05, 0) is 41.3 Å². The van der Waals surface area contributed by atoms with Gasteiger partial charge in [-0.25, -0.2) is 0 Å². The molecule has 0 saturated carbocycles. The van der Waals surface area contributed by atoms with Crippen LogP contribution in [0.1, 0.15) is 0 Å². The van der Waals surface area contributed by atoms with E-state index in [0.29, 0.717) is 16.6 Å². The second-order valence-electron chi connectivity index (χ2n) is 5.78. The molecular weight excluding hydrogens is 334 g/mol. The van der Waals surface area contributed by atoms with Gasteiger partial charge in [-0.3, -0.25) is 4.40 Å². The Morgan fingerprint density at radius 3 is 2.52 bits per heavy atom. The van der Waals surface area contributed by atoms with E-state index in [-0.39, 0.29) is 0 Å². The predicted octanol–water partition coefficient (Wildman–Crippen LogP) is 5.46. The molecule has 0 N–H and O–H groups in total. The predicted molar refractivity (Wildman–Crippen MR) is 98.6 cm³/mol. The molecule has 5 heteroatoms. The van der Waals surface area contributed by atoms with E-state index in [1.165, 1.54) is 0 Å². The van der Waals surface area contributed by atoms with Crippen LogP contribution in [-0.2, 0) is 0 Å². The molecule has 3 heterocycles. The zero-order chi connectivity index (χ0) is 16.8. The molecule has 0 spiro atoms. The van der Waals surface area contributed by atoms with Gasteiger partial charge in [-0.15, -0.1) is 10.2 Å². The lowest BCUT2D eigenvalue weighted by Gasteiger charge is -2.10. The summed E-state index contributed by atoms with van der Waals surface area (Å²) in [4.78, 5) is 0. The Labute approximate surface area is 148 Å². The normalized spacial score (nSPS) is 11.4. The van der Waals surface area contributed by atoms with Crippen LogP contribution in [0.25, 0.3) is 39.3 Å². The van der Waals surface area contributed by atoms with Crippen molar-refractivity contribution in [2.45, 2.75) is 0 Å². The van der Waals surface area contributed by atoms with Crippen molar-refractivity contribution in [1.82, 2.24) is 14.6 Å². The summed E-state index contributed by atoms with van der Waals surface area (Å²) in [5, 5.41) is 11.7. The van der Waals surface area contributed by atoms with Crippen LogP contribution in [0.15, 0.2) is 77.4 Å². The van der Waals surface area contributed by atoms with Crippen LogP contribution in [0.4, 0.5) is 0 Å². The van der Waals surface area contributed by atoms with Gasteiger partial charge in [0, 0.05) is 10.4 Å². The molecule has 3 aromatic heterocycles. The van der Waals surface area contributed by atoms with Gasteiger partial charge >= 0.3 is 0 Å². The van der Waals surface area contributed by atoms with Crippen molar-refractivity contribution < 1.29 is 4.42 Å². The van der Waals surface area contributed by atoms with Crippen LogP contribution < -0.4 is 0 Å². The van der Waals surface area contributed by atoms with E-state index in [0.717, 1.165) is 27.7 Å². The van der Waals surface area contributed by atoms with Crippen molar-refractivity contribution in [3.8, 4) is 22.8 Å². The highest BCUT2D eigenvalue weighted by Crippen LogP contribution is 2.32. The summed E-state index contributed by atoms with van der Waals surface area (Å²) in [6, 6.07) is 21.8. The number of hydrogen-bond donors (Lipinski definition) is 0. The number of aromatic nitrogens is 3. The molecule has 5 rings (SSSR count). The third kappa shape index (κ3) is 2.22. The van der Waals surface area contributed by atoms with E-state index in [9.17, 15) is 0 Å². The molecule has 0 aliphatic carbocycles. The first-order valence-electron chi connectivity index (χ1n) is 7.88. The molecule has 5 aromatic rings. The summed E-state index contributed by atoms with van der Waals surface area (Å²) in [6.45, 7) is 0. The Morgan fingerprint density at radius 1 is 0.880 bits per heavy atom. The van der Waals surface area contributed by atoms with Crippen molar-refractivity contribution in [1.29, 1.82) is 0 Å². The summed E-state index contributed by atoms with van der Waals surface area (Å²) in [7, 11) is 0. The molecule has 0 atom stereocenters. The lowest BCUT2D eigenvalue weighted by molar-refractivity contribution is 0.576. The van der Waals surface area contributed by atoms with Crippen LogP contribution in [0.2, 0.25) is 5.02 Å². The van der Waals surface area contributed by atoms with E-state index in [4.69, 9.17) is 16.0 Å². The Balaban J connectivity index is 1.93. The number of halogens is 1. The zero-order valence-corrected chi connectivity index (χ0v) is 13.8. The third-order valence-corrected chi connectivity index (χ3v) is 4.53. The van der Waals surface area contributed by atoms with Crippen LogP contribution in [-0.4, -0.2) is 14.6 Å². The monoisotopic (exact) mass is 345 g/mol. The summed E-state index contributed by atoms with van der Waals surface area (Å²) < 4.78 is 7.60. The maximum atomic E-state index is 6.06. The van der Waals surface area contributed by atoms with Gasteiger partial charge in [-0.2, -0.15) is 0 Å². The van der Waals surface area contributed by atoms with E-state index < -0.39 is 0 Å². The molecule has 0 aliphatic rings.